The van der Waals surface area contributed by atoms with Gasteiger partial charge in [0.15, 0.2) is 5.82 Å². The first kappa shape index (κ1) is 14.1. The highest BCUT2D eigenvalue weighted by Gasteiger charge is 2.29. The van der Waals surface area contributed by atoms with Gasteiger partial charge in [0.25, 0.3) is 11.6 Å². The number of nitro benzene ring substituents is 1. The maximum atomic E-state index is 11.0. The van der Waals surface area contributed by atoms with E-state index in [1.165, 1.54) is 13.2 Å². The quantitative estimate of drug-likeness (QED) is 0.649. The van der Waals surface area contributed by atoms with E-state index in [0.717, 1.165) is 0 Å². The van der Waals surface area contributed by atoms with Crippen LogP contribution < -0.4 is 5.73 Å². The van der Waals surface area contributed by atoms with E-state index in [-0.39, 0.29) is 29.6 Å². The van der Waals surface area contributed by atoms with Crippen LogP contribution >= 0.6 is 0 Å². The Morgan fingerprint density at radius 1 is 1.50 bits per heavy atom. The van der Waals surface area contributed by atoms with Gasteiger partial charge >= 0.3 is 0 Å². The second-order valence-corrected chi connectivity index (χ2v) is 4.55. The molecule has 1 heterocycles. The zero-order valence-electron chi connectivity index (χ0n) is 11.1. The van der Waals surface area contributed by atoms with Crippen molar-refractivity contribution in [1.29, 1.82) is 0 Å². The highest BCUT2D eigenvalue weighted by molar-refractivity contribution is 5.66. The Morgan fingerprint density at radius 2 is 2.20 bits per heavy atom. The van der Waals surface area contributed by atoms with Crippen molar-refractivity contribution < 1.29 is 14.2 Å². The van der Waals surface area contributed by atoms with Gasteiger partial charge in [0.1, 0.15) is 11.1 Å². The number of hydrogen-bond donors (Lipinski definition) is 1. The van der Waals surface area contributed by atoms with Gasteiger partial charge in [0, 0.05) is 13.2 Å². The summed E-state index contributed by atoms with van der Waals surface area (Å²) in [7, 11) is 1.51. The number of hydrogen-bond acceptors (Lipinski definition) is 7. The molecule has 0 bridgehead atoms. The van der Waals surface area contributed by atoms with E-state index in [9.17, 15) is 10.1 Å². The van der Waals surface area contributed by atoms with Crippen LogP contribution in [0.15, 0.2) is 28.8 Å². The highest BCUT2D eigenvalue weighted by Crippen LogP contribution is 2.29. The molecule has 2 aromatic rings. The van der Waals surface area contributed by atoms with Gasteiger partial charge in [-0.3, -0.25) is 10.1 Å². The minimum Gasteiger partial charge on any atom is -0.382 e. The first-order valence-electron chi connectivity index (χ1n) is 5.81. The molecule has 1 aromatic heterocycles. The molecule has 0 fully saturated rings. The monoisotopic (exact) mass is 278 g/mol. The van der Waals surface area contributed by atoms with Crippen molar-refractivity contribution in [1.82, 2.24) is 10.1 Å². The van der Waals surface area contributed by atoms with Crippen LogP contribution in [-0.4, -0.2) is 28.8 Å². The lowest BCUT2D eigenvalue weighted by atomic mass is 10.1. The van der Waals surface area contributed by atoms with Crippen molar-refractivity contribution in [2.24, 2.45) is 5.73 Å². The second kappa shape index (κ2) is 5.35. The van der Waals surface area contributed by atoms with Crippen LogP contribution in [0.25, 0.3) is 11.5 Å². The molecule has 0 saturated heterocycles. The Kier molecular flexibility index (Phi) is 3.77. The standard InChI is InChI=1S/C12H14N4O4/c1-12(13,7-19-2)11-14-10(20-15-11)8-5-3-4-6-9(8)16(17)18/h3-6H,7,13H2,1-2H3. The number of ether oxygens (including phenoxy) is 1. The summed E-state index contributed by atoms with van der Waals surface area (Å²) in [4.78, 5) is 14.6. The fraction of sp³-hybridized carbons (Fsp3) is 0.333. The van der Waals surface area contributed by atoms with Gasteiger partial charge in [-0.05, 0) is 13.0 Å². The summed E-state index contributed by atoms with van der Waals surface area (Å²) in [5.74, 6) is 0.285. The Balaban J connectivity index is 2.42. The molecule has 0 aliphatic carbocycles. The summed E-state index contributed by atoms with van der Waals surface area (Å²) in [6, 6.07) is 6.13. The largest absolute Gasteiger partial charge is 0.382 e. The molecule has 1 atom stereocenters. The zero-order chi connectivity index (χ0) is 14.8. The highest BCUT2D eigenvalue weighted by atomic mass is 16.6. The normalized spacial score (nSPS) is 13.9. The molecule has 1 aromatic carbocycles. The molecule has 2 N–H and O–H groups in total. The van der Waals surface area contributed by atoms with Gasteiger partial charge in [-0.1, -0.05) is 17.3 Å². The van der Waals surface area contributed by atoms with Gasteiger partial charge in [0.2, 0.25) is 0 Å². The fourth-order valence-electron chi connectivity index (χ4n) is 1.74. The van der Waals surface area contributed by atoms with E-state index >= 15 is 0 Å². The summed E-state index contributed by atoms with van der Waals surface area (Å²) in [6.07, 6.45) is 0. The number of rotatable bonds is 5. The Hall–Kier alpha value is -2.32. The predicted octanol–water partition coefficient (Wildman–Crippen LogP) is 1.47. The van der Waals surface area contributed by atoms with Gasteiger partial charge in [-0.25, -0.2) is 0 Å². The minimum absolute atomic E-state index is 0.0556. The molecule has 8 nitrogen and oxygen atoms in total. The molecule has 1 unspecified atom stereocenters. The molecule has 0 spiro atoms. The molecule has 20 heavy (non-hydrogen) atoms. The van der Waals surface area contributed by atoms with E-state index in [4.69, 9.17) is 15.0 Å². The van der Waals surface area contributed by atoms with Crippen molar-refractivity contribution in [2.75, 3.05) is 13.7 Å². The third-order valence-electron chi connectivity index (χ3n) is 2.71. The molecule has 0 saturated carbocycles. The smallest absolute Gasteiger partial charge is 0.282 e. The number of para-hydroxylation sites is 1. The summed E-state index contributed by atoms with van der Waals surface area (Å²) in [5.41, 5.74) is 5.21. The van der Waals surface area contributed by atoms with Crippen LogP contribution in [0.3, 0.4) is 0 Å². The number of nitro groups is 1. The molecule has 0 radical (unpaired) electrons. The second-order valence-electron chi connectivity index (χ2n) is 4.55. The van der Waals surface area contributed by atoms with Gasteiger partial charge in [-0.2, -0.15) is 4.98 Å². The van der Waals surface area contributed by atoms with Crippen LogP contribution in [0.4, 0.5) is 5.69 Å². The first-order chi connectivity index (χ1) is 9.45. The van der Waals surface area contributed by atoms with Crippen LogP contribution in [-0.2, 0) is 10.3 Å². The van der Waals surface area contributed by atoms with E-state index in [2.05, 4.69) is 10.1 Å². The van der Waals surface area contributed by atoms with E-state index in [0.29, 0.717) is 0 Å². The molecular weight excluding hydrogens is 264 g/mol. The lowest BCUT2D eigenvalue weighted by Crippen LogP contribution is -2.38. The van der Waals surface area contributed by atoms with Crippen molar-refractivity contribution >= 4 is 5.69 Å². The van der Waals surface area contributed by atoms with Crippen LogP contribution in [0.5, 0.6) is 0 Å². The van der Waals surface area contributed by atoms with Crippen molar-refractivity contribution in [3.05, 3.63) is 40.2 Å². The summed E-state index contributed by atoms with van der Waals surface area (Å²) < 4.78 is 10.1. The maximum absolute atomic E-state index is 11.0. The molecule has 0 aliphatic rings. The van der Waals surface area contributed by atoms with E-state index in [1.807, 2.05) is 0 Å². The zero-order valence-corrected chi connectivity index (χ0v) is 11.1. The number of benzene rings is 1. The van der Waals surface area contributed by atoms with Crippen molar-refractivity contribution in [3.8, 4) is 11.5 Å². The fourth-order valence-corrected chi connectivity index (χ4v) is 1.74. The van der Waals surface area contributed by atoms with Crippen LogP contribution in [0, 0.1) is 10.1 Å². The van der Waals surface area contributed by atoms with Crippen molar-refractivity contribution in [2.45, 2.75) is 12.5 Å². The maximum Gasteiger partial charge on any atom is 0.282 e. The molecule has 106 valence electrons. The van der Waals surface area contributed by atoms with Crippen LogP contribution in [0.1, 0.15) is 12.7 Å². The van der Waals surface area contributed by atoms with Gasteiger partial charge < -0.3 is 15.0 Å². The number of nitrogens with two attached hydrogens (primary N) is 1. The molecule has 0 aliphatic heterocycles. The summed E-state index contributed by atoms with van der Waals surface area (Å²) in [6.45, 7) is 1.88. The topological polar surface area (TPSA) is 117 Å². The third kappa shape index (κ3) is 2.65. The predicted molar refractivity (Wildman–Crippen MR) is 69.8 cm³/mol. The van der Waals surface area contributed by atoms with E-state index < -0.39 is 10.5 Å². The number of methoxy groups -OCH3 is 1. The molecular formula is C12H14N4O4. The first-order valence-corrected chi connectivity index (χ1v) is 5.81. The van der Waals surface area contributed by atoms with Gasteiger partial charge in [-0.15, -0.1) is 0 Å². The molecule has 2 rings (SSSR count). The Labute approximate surface area is 114 Å². The summed E-state index contributed by atoms with van der Waals surface area (Å²) >= 11 is 0. The molecule has 0 amide bonds. The Morgan fingerprint density at radius 3 is 2.85 bits per heavy atom. The SMILES string of the molecule is COCC(C)(N)c1noc(-c2ccccc2[N+](=O)[O-])n1. The minimum atomic E-state index is -0.930. The lowest BCUT2D eigenvalue weighted by Gasteiger charge is -2.18. The van der Waals surface area contributed by atoms with E-state index in [1.54, 1.807) is 25.1 Å². The average Bonchev–Trinajstić information content (AvgIpc) is 2.89. The molecule has 8 heteroatoms. The third-order valence-corrected chi connectivity index (χ3v) is 2.71. The summed E-state index contributed by atoms with van der Waals surface area (Å²) in [5, 5.41) is 14.7. The lowest BCUT2D eigenvalue weighted by molar-refractivity contribution is -0.384. The van der Waals surface area contributed by atoms with Crippen LogP contribution in [0.2, 0.25) is 0 Å². The average molecular weight is 278 g/mol. The Bertz CT molecular complexity index is 623. The number of nitrogens with zero attached hydrogens (tertiary/aromatic N) is 3. The van der Waals surface area contributed by atoms with Crippen molar-refractivity contribution in [3.63, 3.8) is 0 Å². The number of aromatic nitrogens is 2. The van der Waals surface area contributed by atoms with Gasteiger partial charge in [0.05, 0.1) is 11.5 Å².